The van der Waals surface area contributed by atoms with Gasteiger partial charge in [0.05, 0.1) is 5.69 Å². The molecular formula is C16H28F3N5. The Morgan fingerprint density at radius 2 is 1.96 bits per heavy atom. The van der Waals surface area contributed by atoms with Gasteiger partial charge in [0.15, 0.2) is 5.96 Å². The summed E-state index contributed by atoms with van der Waals surface area (Å²) in [5.74, 6) is 0.605. The number of unbranched alkanes of at least 4 members (excludes halogenated alkanes) is 1. The Bertz CT molecular complexity index is 549. The zero-order valence-electron chi connectivity index (χ0n) is 15.1. The smallest absolute Gasteiger partial charge is 0.356 e. The van der Waals surface area contributed by atoms with Gasteiger partial charge >= 0.3 is 6.18 Å². The van der Waals surface area contributed by atoms with Crippen molar-refractivity contribution in [2.45, 2.75) is 58.7 Å². The van der Waals surface area contributed by atoms with E-state index in [4.69, 9.17) is 0 Å². The number of aromatic nitrogens is 2. The average molecular weight is 347 g/mol. The molecule has 0 aliphatic rings. The fourth-order valence-corrected chi connectivity index (χ4v) is 2.56. The first-order valence-corrected chi connectivity index (χ1v) is 8.17. The van der Waals surface area contributed by atoms with Crippen molar-refractivity contribution < 1.29 is 13.2 Å². The van der Waals surface area contributed by atoms with Crippen molar-refractivity contribution in [2.24, 2.45) is 12.0 Å². The predicted molar refractivity (Wildman–Crippen MR) is 90.3 cm³/mol. The number of hydrogen-bond acceptors (Lipinski definition) is 2. The van der Waals surface area contributed by atoms with E-state index < -0.39 is 12.6 Å². The van der Waals surface area contributed by atoms with Gasteiger partial charge in [0.1, 0.15) is 0 Å². The Morgan fingerprint density at radius 1 is 1.29 bits per heavy atom. The second-order valence-electron chi connectivity index (χ2n) is 6.09. The van der Waals surface area contributed by atoms with Crippen LogP contribution in [0.3, 0.4) is 0 Å². The molecule has 1 aromatic heterocycles. The van der Waals surface area contributed by atoms with E-state index in [1.54, 1.807) is 7.05 Å². The molecule has 0 bridgehead atoms. The number of hydrogen-bond donors (Lipinski definition) is 2. The summed E-state index contributed by atoms with van der Waals surface area (Å²) < 4.78 is 38.1. The van der Waals surface area contributed by atoms with Crippen LogP contribution in [0.2, 0.25) is 0 Å². The van der Waals surface area contributed by atoms with E-state index >= 15 is 0 Å². The van der Waals surface area contributed by atoms with Gasteiger partial charge in [0.2, 0.25) is 0 Å². The van der Waals surface area contributed by atoms with Crippen molar-refractivity contribution in [3.05, 3.63) is 17.0 Å². The number of nitrogens with one attached hydrogen (secondary N) is 2. The highest BCUT2D eigenvalue weighted by atomic mass is 19.4. The van der Waals surface area contributed by atoms with E-state index in [1.807, 2.05) is 32.5 Å². The molecular weight excluding hydrogens is 319 g/mol. The summed E-state index contributed by atoms with van der Waals surface area (Å²) >= 11 is 0. The van der Waals surface area contributed by atoms with E-state index in [9.17, 15) is 13.2 Å². The monoisotopic (exact) mass is 347 g/mol. The second-order valence-corrected chi connectivity index (χ2v) is 6.09. The van der Waals surface area contributed by atoms with Crippen molar-refractivity contribution in [2.75, 3.05) is 13.6 Å². The van der Waals surface area contributed by atoms with Crippen LogP contribution in [0, 0.1) is 13.8 Å². The van der Waals surface area contributed by atoms with E-state index in [1.165, 1.54) is 5.56 Å². The molecule has 0 amide bonds. The van der Waals surface area contributed by atoms with E-state index in [2.05, 4.69) is 20.7 Å². The molecule has 1 heterocycles. The van der Waals surface area contributed by atoms with Gasteiger partial charge < -0.3 is 10.6 Å². The predicted octanol–water partition coefficient (Wildman–Crippen LogP) is 2.87. The topological polar surface area (TPSA) is 54.2 Å². The first kappa shape index (κ1) is 20.3. The minimum Gasteiger partial charge on any atom is -0.356 e. The summed E-state index contributed by atoms with van der Waals surface area (Å²) in [5.41, 5.74) is 3.35. The molecule has 1 atom stereocenters. The first-order chi connectivity index (χ1) is 11.1. The molecule has 0 spiro atoms. The van der Waals surface area contributed by atoms with Crippen molar-refractivity contribution >= 4 is 5.96 Å². The number of alkyl halides is 3. The lowest BCUT2D eigenvalue weighted by Gasteiger charge is -2.18. The van der Waals surface area contributed by atoms with Gasteiger partial charge in [-0.25, -0.2) is 0 Å². The molecule has 0 aliphatic carbocycles. The minimum atomic E-state index is -4.08. The molecule has 1 aromatic rings. The Balaban J connectivity index is 2.39. The summed E-state index contributed by atoms with van der Waals surface area (Å²) in [4.78, 5) is 4.12. The maximum absolute atomic E-state index is 12.1. The standard InChI is InChI=1S/C16H28F3N5/c1-11(10-14-12(2)23-24(5)13(14)3)22-15(20-4)21-9-7-6-8-16(17,18)19/h11H,6-10H2,1-5H3,(H2,20,21,22). The van der Waals surface area contributed by atoms with Gasteiger partial charge in [0, 0.05) is 38.8 Å². The van der Waals surface area contributed by atoms with Crippen LogP contribution in [0.4, 0.5) is 13.2 Å². The highest BCUT2D eigenvalue weighted by molar-refractivity contribution is 5.79. The van der Waals surface area contributed by atoms with E-state index in [-0.39, 0.29) is 12.5 Å². The molecule has 2 N–H and O–H groups in total. The lowest BCUT2D eigenvalue weighted by atomic mass is 10.1. The molecule has 0 saturated carbocycles. The van der Waals surface area contributed by atoms with E-state index in [0.29, 0.717) is 18.9 Å². The highest BCUT2D eigenvalue weighted by Crippen LogP contribution is 2.21. The number of aliphatic imine (C=N–C) groups is 1. The summed E-state index contributed by atoms with van der Waals surface area (Å²) in [7, 11) is 3.57. The molecule has 0 radical (unpaired) electrons. The fourth-order valence-electron chi connectivity index (χ4n) is 2.56. The van der Waals surface area contributed by atoms with Gasteiger partial charge in [0.25, 0.3) is 0 Å². The van der Waals surface area contributed by atoms with Crippen LogP contribution in [-0.2, 0) is 13.5 Å². The third kappa shape index (κ3) is 6.80. The van der Waals surface area contributed by atoms with Crippen LogP contribution >= 0.6 is 0 Å². The maximum atomic E-state index is 12.1. The number of aryl methyl sites for hydroxylation is 2. The largest absolute Gasteiger partial charge is 0.389 e. The van der Waals surface area contributed by atoms with Gasteiger partial charge in [-0.1, -0.05) is 0 Å². The summed E-state index contributed by atoms with van der Waals surface area (Å²) in [6.07, 6.45) is -3.43. The van der Waals surface area contributed by atoms with Crippen LogP contribution in [0.5, 0.6) is 0 Å². The van der Waals surface area contributed by atoms with Crippen LogP contribution in [-0.4, -0.2) is 41.6 Å². The summed E-state index contributed by atoms with van der Waals surface area (Å²) in [6, 6.07) is 0.132. The SMILES string of the molecule is CN=C(NCCCCC(F)(F)F)NC(C)Cc1c(C)nn(C)c1C. The van der Waals surface area contributed by atoms with Crippen LogP contribution in [0.15, 0.2) is 4.99 Å². The number of nitrogens with zero attached hydrogens (tertiary/aromatic N) is 3. The van der Waals surface area contributed by atoms with Gasteiger partial charge in [-0.05, 0) is 45.6 Å². The molecule has 8 heteroatoms. The van der Waals surface area contributed by atoms with E-state index in [0.717, 1.165) is 17.8 Å². The van der Waals surface area contributed by atoms with Gasteiger partial charge in [-0.15, -0.1) is 0 Å². The lowest BCUT2D eigenvalue weighted by Crippen LogP contribution is -2.43. The third-order valence-corrected chi connectivity index (χ3v) is 3.96. The Hall–Kier alpha value is -1.73. The molecule has 0 saturated heterocycles. The minimum absolute atomic E-state index is 0.122. The Labute approximate surface area is 141 Å². The van der Waals surface area contributed by atoms with Crippen molar-refractivity contribution in [3.8, 4) is 0 Å². The molecule has 24 heavy (non-hydrogen) atoms. The van der Waals surface area contributed by atoms with Crippen molar-refractivity contribution in [1.29, 1.82) is 0 Å². The Morgan fingerprint density at radius 3 is 2.46 bits per heavy atom. The zero-order chi connectivity index (χ0) is 18.3. The number of halogens is 3. The van der Waals surface area contributed by atoms with Crippen LogP contribution in [0.25, 0.3) is 0 Å². The molecule has 0 fully saturated rings. The van der Waals surface area contributed by atoms with Gasteiger partial charge in [-0.3, -0.25) is 9.67 Å². The normalized spacial score (nSPS) is 13.9. The molecule has 5 nitrogen and oxygen atoms in total. The third-order valence-electron chi connectivity index (χ3n) is 3.96. The fraction of sp³-hybridized carbons (Fsp3) is 0.750. The van der Waals surface area contributed by atoms with Crippen molar-refractivity contribution in [1.82, 2.24) is 20.4 Å². The molecule has 1 rings (SSSR count). The number of guanidine groups is 1. The maximum Gasteiger partial charge on any atom is 0.389 e. The van der Waals surface area contributed by atoms with Crippen LogP contribution in [0.1, 0.15) is 43.1 Å². The zero-order valence-corrected chi connectivity index (χ0v) is 15.1. The number of rotatable bonds is 7. The summed E-state index contributed by atoms with van der Waals surface area (Å²) in [5, 5.41) is 10.7. The molecule has 1 unspecified atom stereocenters. The molecule has 0 aromatic carbocycles. The molecule has 0 aliphatic heterocycles. The molecule has 138 valence electrons. The lowest BCUT2D eigenvalue weighted by molar-refractivity contribution is -0.135. The summed E-state index contributed by atoms with van der Waals surface area (Å²) in [6.45, 7) is 6.54. The quantitative estimate of drug-likeness (QED) is 0.453. The van der Waals surface area contributed by atoms with Crippen LogP contribution < -0.4 is 10.6 Å². The van der Waals surface area contributed by atoms with Crippen molar-refractivity contribution in [3.63, 3.8) is 0 Å². The van der Waals surface area contributed by atoms with Gasteiger partial charge in [-0.2, -0.15) is 18.3 Å². The first-order valence-electron chi connectivity index (χ1n) is 8.17. The Kier molecular flexibility index (Phi) is 7.57. The average Bonchev–Trinajstić information content (AvgIpc) is 2.71. The highest BCUT2D eigenvalue weighted by Gasteiger charge is 2.25. The second kappa shape index (κ2) is 8.94.